The zero-order chi connectivity index (χ0) is 16.8. The van der Waals surface area contributed by atoms with Gasteiger partial charge >= 0.3 is 0 Å². The van der Waals surface area contributed by atoms with Crippen molar-refractivity contribution in [3.63, 3.8) is 0 Å². The molecule has 0 fully saturated rings. The highest BCUT2D eigenvalue weighted by atomic mass is 16.5. The van der Waals surface area contributed by atoms with Crippen LogP contribution in [0.25, 0.3) is 6.08 Å². The molecule has 1 heterocycles. The van der Waals surface area contributed by atoms with Gasteiger partial charge in [-0.1, -0.05) is 55.1 Å². The van der Waals surface area contributed by atoms with Crippen molar-refractivity contribution in [3.05, 3.63) is 78.4 Å². The number of hydrogen-bond acceptors (Lipinski definition) is 2. The summed E-state index contributed by atoms with van der Waals surface area (Å²) in [7, 11) is 0. The van der Waals surface area contributed by atoms with Gasteiger partial charge in [-0.15, -0.1) is 0 Å². The standard InChI is InChI=1S/C21H21NO2/c1-2-15-24-19-11-12-20-18(16-19)10-13-21(23)22(20)14-6-9-17-7-4-3-5-8-17/h2-9,11-12,16H,1,10,13-15H2. The van der Waals surface area contributed by atoms with Gasteiger partial charge in [0.1, 0.15) is 12.4 Å². The molecule has 3 heteroatoms. The zero-order valence-electron chi connectivity index (χ0n) is 13.7. The van der Waals surface area contributed by atoms with Crippen LogP contribution in [0.3, 0.4) is 0 Å². The van der Waals surface area contributed by atoms with Gasteiger partial charge in [0.2, 0.25) is 5.91 Å². The average Bonchev–Trinajstić information content (AvgIpc) is 2.62. The summed E-state index contributed by atoms with van der Waals surface area (Å²) < 4.78 is 5.59. The molecule has 0 saturated carbocycles. The number of hydrogen-bond donors (Lipinski definition) is 0. The van der Waals surface area contributed by atoms with E-state index in [1.165, 1.54) is 0 Å². The molecule has 0 radical (unpaired) electrons. The quantitative estimate of drug-likeness (QED) is 0.745. The van der Waals surface area contributed by atoms with Crippen LogP contribution in [0, 0.1) is 0 Å². The van der Waals surface area contributed by atoms with Crippen molar-refractivity contribution in [1.29, 1.82) is 0 Å². The molecule has 0 bridgehead atoms. The van der Waals surface area contributed by atoms with Crippen molar-refractivity contribution in [2.75, 3.05) is 18.1 Å². The molecule has 0 unspecified atom stereocenters. The molecule has 1 aliphatic heterocycles. The first kappa shape index (κ1) is 16.1. The summed E-state index contributed by atoms with van der Waals surface area (Å²) in [5, 5.41) is 0. The topological polar surface area (TPSA) is 29.5 Å². The van der Waals surface area contributed by atoms with E-state index in [2.05, 4.69) is 6.58 Å². The fourth-order valence-corrected chi connectivity index (χ4v) is 2.84. The molecular weight excluding hydrogens is 298 g/mol. The van der Waals surface area contributed by atoms with E-state index in [0.717, 1.165) is 29.0 Å². The van der Waals surface area contributed by atoms with E-state index in [-0.39, 0.29) is 5.91 Å². The van der Waals surface area contributed by atoms with E-state index in [0.29, 0.717) is 19.6 Å². The molecule has 3 nitrogen and oxygen atoms in total. The highest BCUT2D eigenvalue weighted by molar-refractivity contribution is 5.96. The molecule has 1 amide bonds. The van der Waals surface area contributed by atoms with Crippen LogP contribution >= 0.6 is 0 Å². The number of anilines is 1. The largest absolute Gasteiger partial charge is 0.490 e. The molecule has 0 aliphatic carbocycles. The molecule has 0 spiro atoms. The van der Waals surface area contributed by atoms with Gasteiger partial charge in [0, 0.05) is 18.7 Å². The lowest BCUT2D eigenvalue weighted by Gasteiger charge is -2.28. The normalized spacial score (nSPS) is 13.8. The van der Waals surface area contributed by atoms with Gasteiger partial charge in [0.15, 0.2) is 0 Å². The van der Waals surface area contributed by atoms with Crippen LogP contribution in [0.5, 0.6) is 5.75 Å². The first-order valence-electron chi connectivity index (χ1n) is 8.16. The van der Waals surface area contributed by atoms with E-state index in [1.54, 1.807) is 6.08 Å². The number of aryl methyl sites for hydroxylation is 1. The molecule has 122 valence electrons. The Balaban J connectivity index is 1.75. The minimum Gasteiger partial charge on any atom is -0.490 e. The second-order valence-electron chi connectivity index (χ2n) is 5.71. The minimum absolute atomic E-state index is 0.167. The maximum atomic E-state index is 12.3. The minimum atomic E-state index is 0.167. The maximum Gasteiger partial charge on any atom is 0.227 e. The van der Waals surface area contributed by atoms with Crippen molar-refractivity contribution in [2.45, 2.75) is 12.8 Å². The number of benzene rings is 2. The van der Waals surface area contributed by atoms with E-state index in [9.17, 15) is 4.79 Å². The summed E-state index contributed by atoms with van der Waals surface area (Å²) in [6.45, 7) is 4.72. The van der Waals surface area contributed by atoms with Crippen LogP contribution < -0.4 is 9.64 Å². The summed E-state index contributed by atoms with van der Waals surface area (Å²) in [4.78, 5) is 14.1. The monoisotopic (exact) mass is 319 g/mol. The third-order valence-electron chi connectivity index (χ3n) is 4.02. The second-order valence-corrected chi connectivity index (χ2v) is 5.71. The predicted octanol–water partition coefficient (Wildman–Crippen LogP) is 4.24. The third-order valence-corrected chi connectivity index (χ3v) is 4.02. The van der Waals surface area contributed by atoms with Gasteiger partial charge < -0.3 is 9.64 Å². The van der Waals surface area contributed by atoms with Gasteiger partial charge in [-0.2, -0.15) is 0 Å². The number of fused-ring (bicyclic) bond motifs is 1. The molecule has 0 aromatic heterocycles. The number of carbonyl (C=O) groups is 1. The molecule has 0 atom stereocenters. The Hall–Kier alpha value is -2.81. The van der Waals surface area contributed by atoms with Gasteiger partial charge in [0.25, 0.3) is 0 Å². The van der Waals surface area contributed by atoms with Crippen LogP contribution in [-0.2, 0) is 11.2 Å². The van der Waals surface area contributed by atoms with E-state index >= 15 is 0 Å². The van der Waals surface area contributed by atoms with Gasteiger partial charge in [-0.25, -0.2) is 0 Å². The predicted molar refractivity (Wildman–Crippen MR) is 98.3 cm³/mol. The first-order chi connectivity index (χ1) is 11.8. The van der Waals surface area contributed by atoms with E-state index in [4.69, 9.17) is 4.74 Å². The highest BCUT2D eigenvalue weighted by Gasteiger charge is 2.23. The summed E-state index contributed by atoms with van der Waals surface area (Å²) in [6.07, 6.45) is 7.10. The average molecular weight is 319 g/mol. The Bertz CT molecular complexity index is 750. The van der Waals surface area contributed by atoms with Crippen LogP contribution in [0.15, 0.2) is 67.3 Å². The van der Waals surface area contributed by atoms with Gasteiger partial charge in [0.05, 0.1) is 0 Å². The summed E-state index contributed by atoms with van der Waals surface area (Å²) in [6, 6.07) is 16.0. The smallest absolute Gasteiger partial charge is 0.227 e. The van der Waals surface area contributed by atoms with Crippen molar-refractivity contribution < 1.29 is 9.53 Å². The lowest BCUT2D eigenvalue weighted by Crippen LogP contribution is -2.35. The van der Waals surface area contributed by atoms with Crippen molar-refractivity contribution >= 4 is 17.7 Å². The molecule has 0 saturated heterocycles. The van der Waals surface area contributed by atoms with Crippen LogP contribution in [0.1, 0.15) is 17.5 Å². The number of rotatable bonds is 6. The number of ether oxygens (including phenoxy) is 1. The molecule has 0 N–H and O–H groups in total. The van der Waals surface area contributed by atoms with Crippen LogP contribution in [-0.4, -0.2) is 19.1 Å². The molecule has 24 heavy (non-hydrogen) atoms. The Morgan fingerprint density at radius 2 is 1.96 bits per heavy atom. The molecule has 3 rings (SSSR count). The fraction of sp³-hybridized carbons (Fsp3) is 0.190. The summed E-state index contributed by atoms with van der Waals surface area (Å²) >= 11 is 0. The number of amides is 1. The molecular formula is C21H21NO2. The summed E-state index contributed by atoms with van der Waals surface area (Å²) in [5.74, 6) is 0.989. The SMILES string of the molecule is C=CCOc1ccc2c(c1)CCC(=O)N2CC=Cc1ccccc1. The Morgan fingerprint density at radius 1 is 1.12 bits per heavy atom. The van der Waals surface area contributed by atoms with Crippen molar-refractivity contribution in [3.8, 4) is 5.75 Å². The molecule has 1 aliphatic rings. The molecule has 2 aromatic carbocycles. The number of nitrogens with zero attached hydrogens (tertiary/aromatic N) is 1. The van der Waals surface area contributed by atoms with E-state index in [1.807, 2.05) is 65.6 Å². The zero-order valence-corrected chi connectivity index (χ0v) is 13.7. The van der Waals surface area contributed by atoms with Gasteiger partial charge in [-0.3, -0.25) is 4.79 Å². The van der Waals surface area contributed by atoms with E-state index < -0.39 is 0 Å². The third kappa shape index (κ3) is 3.74. The second kappa shape index (κ2) is 7.64. The molecule has 2 aromatic rings. The lowest BCUT2D eigenvalue weighted by molar-refractivity contribution is -0.118. The Labute approximate surface area is 142 Å². The highest BCUT2D eigenvalue weighted by Crippen LogP contribution is 2.31. The summed E-state index contributed by atoms with van der Waals surface area (Å²) in [5.41, 5.74) is 3.27. The van der Waals surface area contributed by atoms with Crippen LogP contribution in [0.4, 0.5) is 5.69 Å². The Kier molecular flexibility index (Phi) is 5.12. The van der Waals surface area contributed by atoms with Crippen molar-refractivity contribution in [1.82, 2.24) is 0 Å². The first-order valence-corrected chi connectivity index (χ1v) is 8.16. The van der Waals surface area contributed by atoms with Crippen molar-refractivity contribution in [2.24, 2.45) is 0 Å². The van der Waals surface area contributed by atoms with Gasteiger partial charge in [-0.05, 0) is 35.7 Å². The maximum absolute atomic E-state index is 12.3. The fourth-order valence-electron chi connectivity index (χ4n) is 2.84. The lowest BCUT2D eigenvalue weighted by atomic mass is 10.0. The Morgan fingerprint density at radius 3 is 2.75 bits per heavy atom. The number of carbonyl (C=O) groups excluding carboxylic acids is 1. The van der Waals surface area contributed by atoms with Crippen LogP contribution in [0.2, 0.25) is 0 Å².